The van der Waals surface area contributed by atoms with Crippen LogP contribution in [0.1, 0.15) is 38.2 Å². The van der Waals surface area contributed by atoms with E-state index >= 15 is 0 Å². The molecule has 2 N–H and O–H groups in total. The van der Waals surface area contributed by atoms with Crippen LogP contribution < -0.4 is 10.6 Å². The van der Waals surface area contributed by atoms with Crippen molar-refractivity contribution in [1.82, 2.24) is 0 Å². The molecule has 1 aromatic carbocycles. The van der Waals surface area contributed by atoms with Crippen molar-refractivity contribution < 1.29 is 4.79 Å². The predicted molar refractivity (Wildman–Crippen MR) is 79.2 cm³/mol. The first-order chi connectivity index (χ1) is 9.26. The molecule has 3 heteroatoms. The van der Waals surface area contributed by atoms with Gasteiger partial charge in [-0.15, -0.1) is 0 Å². The van der Waals surface area contributed by atoms with E-state index in [1.165, 1.54) is 5.56 Å². The number of carbonyl (C=O) groups excluding carboxylic acids is 1. The van der Waals surface area contributed by atoms with E-state index in [1.807, 2.05) is 23.1 Å². The Morgan fingerprint density at radius 3 is 2.89 bits per heavy atom. The summed E-state index contributed by atoms with van der Waals surface area (Å²) in [7, 11) is 0. The third-order valence-electron chi connectivity index (χ3n) is 3.98. The Morgan fingerprint density at radius 2 is 2.16 bits per heavy atom. The number of nitrogens with two attached hydrogens (primary N) is 1. The van der Waals surface area contributed by atoms with Gasteiger partial charge in [0, 0.05) is 18.7 Å². The molecule has 1 amide bonds. The van der Waals surface area contributed by atoms with Gasteiger partial charge in [-0.3, -0.25) is 4.79 Å². The average Bonchev–Trinajstić information content (AvgIpc) is 2.87. The van der Waals surface area contributed by atoms with Crippen molar-refractivity contribution in [2.24, 2.45) is 11.7 Å². The predicted octanol–water partition coefficient (Wildman–Crippen LogP) is 2.73. The van der Waals surface area contributed by atoms with Crippen molar-refractivity contribution in [2.75, 3.05) is 18.0 Å². The number of benzene rings is 1. The highest BCUT2D eigenvalue weighted by molar-refractivity contribution is 5.95. The van der Waals surface area contributed by atoms with Crippen LogP contribution in [0.25, 0.3) is 0 Å². The number of nitrogens with zero attached hydrogens (tertiary/aromatic N) is 1. The van der Waals surface area contributed by atoms with Crippen LogP contribution in [0.5, 0.6) is 0 Å². The lowest BCUT2D eigenvalue weighted by atomic mass is 9.98. The molecule has 0 saturated carbocycles. The highest BCUT2D eigenvalue weighted by Gasteiger charge is 2.24. The van der Waals surface area contributed by atoms with Crippen LogP contribution >= 0.6 is 0 Å². The van der Waals surface area contributed by atoms with Crippen LogP contribution in [0.2, 0.25) is 0 Å². The molecule has 0 aliphatic carbocycles. The fourth-order valence-electron chi connectivity index (χ4n) is 2.85. The molecule has 1 aromatic rings. The molecule has 1 aliphatic rings. The summed E-state index contributed by atoms with van der Waals surface area (Å²) >= 11 is 0. The maximum Gasteiger partial charge on any atom is 0.227 e. The van der Waals surface area contributed by atoms with Gasteiger partial charge >= 0.3 is 0 Å². The summed E-state index contributed by atoms with van der Waals surface area (Å²) in [4.78, 5) is 14.3. The van der Waals surface area contributed by atoms with Gasteiger partial charge in [0.1, 0.15) is 0 Å². The van der Waals surface area contributed by atoms with Gasteiger partial charge in [0.15, 0.2) is 0 Å². The minimum Gasteiger partial charge on any atom is -0.330 e. The van der Waals surface area contributed by atoms with Crippen LogP contribution in [0.4, 0.5) is 5.69 Å². The Kier molecular flexibility index (Phi) is 4.97. The van der Waals surface area contributed by atoms with Crippen molar-refractivity contribution >= 4 is 11.6 Å². The molecule has 1 unspecified atom stereocenters. The molecule has 0 bridgehead atoms. The first-order valence-corrected chi connectivity index (χ1v) is 7.34. The number of carbonyl (C=O) groups is 1. The molecule has 104 valence electrons. The molecular weight excluding hydrogens is 236 g/mol. The van der Waals surface area contributed by atoms with E-state index in [2.05, 4.69) is 13.0 Å². The fourth-order valence-corrected chi connectivity index (χ4v) is 2.85. The maximum atomic E-state index is 12.3. The number of para-hydroxylation sites is 1. The van der Waals surface area contributed by atoms with Crippen molar-refractivity contribution in [3.8, 4) is 0 Å². The molecule has 0 spiro atoms. The van der Waals surface area contributed by atoms with Crippen molar-refractivity contribution in [1.29, 1.82) is 0 Å². The first kappa shape index (κ1) is 14.1. The average molecular weight is 260 g/mol. The Morgan fingerprint density at radius 1 is 1.37 bits per heavy atom. The van der Waals surface area contributed by atoms with Crippen LogP contribution in [0.3, 0.4) is 0 Å². The van der Waals surface area contributed by atoms with Gasteiger partial charge in [0.25, 0.3) is 0 Å². The van der Waals surface area contributed by atoms with Crippen LogP contribution in [0, 0.1) is 5.92 Å². The van der Waals surface area contributed by atoms with E-state index in [9.17, 15) is 4.79 Å². The fraction of sp³-hybridized carbons (Fsp3) is 0.562. The number of hydrogen-bond acceptors (Lipinski definition) is 2. The van der Waals surface area contributed by atoms with Gasteiger partial charge in [-0.1, -0.05) is 31.5 Å². The second kappa shape index (κ2) is 6.71. The van der Waals surface area contributed by atoms with Crippen molar-refractivity contribution in [3.63, 3.8) is 0 Å². The van der Waals surface area contributed by atoms with Crippen molar-refractivity contribution in [2.45, 2.75) is 39.0 Å². The van der Waals surface area contributed by atoms with Gasteiger partial charge in [-0.2, -0.15) is 0 Å². The van der Waals surface area contributed by atoms with E-state index in [-0.39, 0.29) is 5.91 Å². The third-order valence-corrected chi connectivity index (χ3v) is 3.98. The summed E-state index contributed by atoms with van der Waals surface area (Å²) < 4.78 is 0. The van der Waals surface area contributed by atoms with E-state index in [0.717, 1.165) is 37.9 Å². The Labute approximate surface area is 115 Å². The van der Waals surface area contributed by atoms with Gasteiger partial charge in [-0.05, 0) is 43.4 Å². The molecule has 2 rings (SSSR count). The first-order valence-electron chi connectivity index (χ1n) is 7.34. The number of rotatable bonds is 6. The van der Waals surface area contributed by atoms with E-state index in [1.54, 1.807) is 0 Å². The summed E-state index contributed by atoms with van der Waals surface area (Å²) in [6.45, 7) is 3.69. The molecule has 1 heterocycles. The monoisotopic (exact) mass is 260 g/mol. The molecule has 0 saturated heterocycles. The standard InChI is InChI=1S/C16H24N2O/c1-2-5-13(12-17)8-9-16(19)18-11-10-14-6-3-4-7-15(14)18/h3-4,6-7,13H,2,5,8-12,17H2,1H3. The lowest BCUT2D eigenvalue weighted by Gasteiger charge is -2.19. The zero-order valence-electron chi connectivity index (χ0n) is 11.8. The topological polar surface area (TPSA) is 46.3 Å². The highest BCUT2D eigenvalue weighted by Crippen LogP contribution is 2.28. The molecule has 19 heavy (non-hydrogen) atoms. The van der Waals surface area contributed by atoms with Crippen LogP contribution in [-0.2, 0) is 11.2 Å². The number of amides is 1. The molecular formula is C16H24N2O. The molecule has 0 fully saturated rings. The third kappa shape index (κ3) is 3.35. The normalized spacial score (nSPS) is 15.4. The molecule has 1 atom stereocenters. The lowest BCUT2D eigenvalue weighted by Crippen LogP contribution is -2.29. The van der Waals surface area contributed by atoms with Gasteiger partial charge in [0.2, 0.25) is 5.91 Å². The number of anilines is 1. The summed E-state index contributed by atoms with van der Waals surface area (Å²) in [5.74, 6) is 0.742. The second-order valence-corrected chi connectivity index (χ2v) is 5.35. The van der Waals surface area contributed by atoms with E-state index in [4.69, 9.17) is 5.73 Å². The number of hydrogen-bond donors (Lipinski definition) is 1. The maximum absolute atomic E-state index is 12.3. The van der Waals surface area contributed by atoms with E-state index < -0.39 is 0 Å². The minimum absolute atomic E-state index is 0.250. The molecule has 0 radical (unpaired) electrons. The van der Waals surface area contributed by atoms with Crippen LogP contribution in [-0.4, -0.2) is 19.0 Å². The quantitative estimate of drug-likeness (QED) is 0.855. The molecule has 1 aliphatic heterocycles. The largest absolute Gasteiger partial charge is 0.330 e. The SMILES string of the molecule is CCCC(CN)CCC(=O)N1CCc2ccccc21. The zero-order chi connectivity index (χ0) is 13.7. The zero-order valence-corrected chi connectivity index (χ0v) is 11.8. The molecule has 0 aromatic heterocycles. The van der Waals surface area contributed by atoms with Gasteiger partial charge in [-0.25, -0.2) is 0 Å². The van der Waals surface area contributed by atoms with E-state index in [0.29, 0.717) is 18.9 Å². The Bertz CT molecular complexity index is 431. The van der Waals surface area contributed by atoms with Gasteiger partial charge < -0.3 is 10.6 Å². The summed E-state index contributed by atoms with van der Waals surface area (Å²) in [5.41, 5.74) is 8.15. The van der Waals surface area contributed by atoms with Crippen molar-refractivity contribution in [3.05, 3.63) is 29.8 Å². The molecule has 3 nitrogen and oxygen atoms in total. The second-order valence-electron chi connectivity index (χ2n) is 5.35. The Balaban J connectivity index is 1.91. The van der Waals surface area contributed by atoms with Crippen LogP contribution in [0.15, 0.2) is 24.3 Å². The van der Waals surface area contributed by atoms with Gasteiger partial charge in [0.05, 0.1) is 0 Å². The smallest absolute Gasteiger partial charge is 0.227 e. The Hall–Kier alpha value is -1.35. The minimum atomic E-state index is 0.250. The summed E-state index contributed by atoms with van der Waals surface area (Å²) in [6.07, 6.45) is 4.79. The summed E-state index contributed by atoms with van der Waals surface area (Å²) in [5, 5.41) is 0. The highest BCUT2D eigenvalue weighted by atomic mass is 16.2. The lowest BCUT2D eigenvalue weighted by molar-refractivity contribution is -0.118. The number of fused-ring (bicyclic) bond motifs is 1. The summed E-state index contributed by atoms with van der Waals surface area (Å²) in [6, 6.07) is 8.21.